The SMILES string of the molecule is OC[C@@H](O)COc1nc(N2CCNCC2)nc2ccccc12. The summed E-state index contributed by atoms with van der Waals surface area (Å²) in [5, 5.41) is 22.5. The zero-order chi connectivity index (χ0) is 15.4. The molecule has 0 unspecified atom stereocenters. The second-order valence-electron chi connectivity index (χ2n) is 5.23. The Morgan fingerprint density at radius 1 is 1.23 bits per heavy atom. The van der Waals surface area contributed by atoms with Gasteiger partial charge >= 0.3 is 0 Å². The van der Waals surface area contributed by atoms with Crippen LogP contribution in [0.25, 0.3) is 10.9 Å². The largest absolute Gasteiger partial charge is 0.474 e. The molecule has 1 aromatic carbocycles. The van der Waals surface area contributed by atoms with Gasteiger partial charge < -0.3 is 25.2 Å². The fourth-order valence-corrected chi connectivity index (χ4v) is 2.38. The Bertz CT molecular complexity index is 631. The van der Waals surface area contributed by atoms with E-state index in [1.807, 2.05) is 24.3 Å². The van der Waals surface area contributed by atoms with E-state index in [9.17, 15) is 5.11 Å². The molecule has 1 saturated heterocycles. The van der Waals surface area contributed by atoms with Crippen molar-refractivity contribution in [2.75, 3.05) is 44.3 Å². The number of hydrogen-bond acceptors (Lipinski definition) is 7. The minimum Gasteiger partial charge on any atom is -0.474 e. The highest BCUT2D eigenvalue weighted by Crippen LogP contribution is 2.25. The Kier molecular flexibility index (Phi) is 4.67. The van der Waals surface area contributed by atoms with Crippen LogP contribution in [0.1, 0.15) is 0 Å². The number of aromatic nitrogens is 2. The van der Waals surface area contributed by atoms with E-state index in [4.69, 9.17) is 9.84 Å². The summed E-state index contributed by atoms with van der Waals surface area (Å²) in [6.45, 7) is 3.14. The molecule has 0 spiro atoms. The normalized spacial score (nSPS) is 16.7. The average Bonchev–Trinajstić information content (AvgIpc) is 2.59. The molecular weight excluding hydrogens is 284 g/mol. The summed E-state index contributed by atoms with van der Waals surface area (Å²) >= 11 is 0. The van der Waals surface area contributed by atoms with E-state index >= 15 is 0 Å². The van der Waals surface area contributed by atoms with Crippen LogP contribution in [-0.2, 0) is 0 Å². The van der Waals surface area contributed by atoms with Crippen molar-refractivity contribution in [3.63, 3.8) is 0 Å². The lowest BCUT2D eigenvalue weighted by Crippen LogP contribution is -2.44. The molecule has 1 atom stereocenters. The lowest BCUT2D eigenvalue weighted by molar-refractivity contribution is 0.0526. The Morgan fingerprint density at radius 2 is 2.00 bits per heavy atom. The van der Waals surface area contributed by atoms with Gasteiger partial charge in [0.25, 0.3) is 0 Å². The Morgan fingerprint density at radius 3 is 2.77 bits per heavy atom. The number of nitrogens with zero attached hydrogens (tertiary/aromatic N) is 3. The summed E-state index contributed by atoms with van der Waals surface area (Å²) in [6, 6.07) is 7.62. The molecule has 1 fully saturated rings. The predicted octanol–water partition coefficient (Wildman–Crippen LogP) is -0.229. The summed E-state index contributed by atoms with van der Waals surface area (Å²) in [5.74, 6) is 1.07. The Labute approximate surface area is 128 Å². The molecule has 0 amide bonds. The third-order valence-corrected chi connectivity index (χ3v) is 3.58. The number of aliphatic hydroxyl groups is 2. The van der Waals surface area contributed by atoms with Crippen molar-refractivity contribution in [1.82, 2.24) is 15.3 Å². The van der Waals surface area contributed by atoms with Crippen molar-refractivity contribution in [3.8, 4) is 5.88 Å². The lowest BCUT2D eigenvalue weighted by atomic mass is 10.2. The summed E-state index contributed by atoms with van der Waals surface area (Å²) in [4.78, 5) is 11.2. The number of aliphatic hydroxyl groups excluding tert-OH is 2. The minimum atomic E-state index is -0.920. The van der Waals surface area contributed by atoms with E-state index in [0.717, 1.165) is 37.1 Å². The third-order valence-electron chi connectivity index (χ3n) is 3.58. The number of benzene rings is 1. The van der Waals surface area contributed by atoms with Crippen molar-refractivity contribution in [2.45, 2.75) is 6.10 Å². The molecule has 3 N–H and O–H groups in total. The van der Waals surface area contributed by atoms with Gasteiger partial charge in [-0.3, -0.25) is 0 Å². The summed E-state index contributed by atoms with van der Waals surface area (Å²) in [7, 11) is 0. The van der Waals surface area contributed by atoms with E-state index < -0.39 is 6.10 Å². The van der Waals surface area contributed by atoms with Crippen molar-refractivity contribution >= 4 is 16.9 Å². The summed E-state index contributed by atoms with van der Waals surface area (Å²) in [5.41, 5.74) is 0.805. The van der Waals surface area contributed by atoms with Crippen LogP contribution in [0.4, 0.5) is 5.95 Å². The van der Waals surface area contributed by atoms with Crippen LogP contribution in [0.2, 0.25) is 0 Å². The maximum Gasteiger partial charge on any atom is 0.229 e. The predicted molar refractivity (Wildman–Crippen MR) is 83.2 cm³/mol. The molecule has 1 aromatic heterocycles. The molecule has 22 heavy (non-hydrogen) atoms. The van der Waals surface area contributed by atoms with Crippen molar-refractivity contribution in [2.24, 2.45) is 0 Å². The Balaban J connectivity index is 1.92. The molecule has 0 radical (unpaired) electrons. The number of para-hydroxylation sites is 1. The molecule has 7 nitrogen and oxygen atoms in total. The first-order chi connectivity index (χ1) is 10.8. The van der Waals surface area contributed by atoms with Crippen molar-refractivity contribution in [3.05, 3.63) is 24.3 Å². The number of hydrogen-bond donors (Lipinski definition) is 3. The second kappa shape index (κ2) is 6.87. The van der Waals surface area contributed by atoms with Crippen LogP contribution in [0.5, 0.6) is 5.88 Å². The Hall–Kier alpha value is -1.96. The molecule has 0 saturated carbocycles. The molecule has 1 aliphatic rings. The average molecular weight is 304 g/mol. The number of anilines is 1. The van der Waals surface area contributed by atoms with Gasteiger partial charge in [0.1, 0.15) is 12.7 Å². The first-order valence-electron chi connectivity index (χ1n) is 7.42. The van der Waals surface area contributed by atoms with Gasteiger partial charge in [-0.1, -0.05) is 12.1 Å². The fourth-order valence-electron chi connectivity index (χ4n) is 2.38. The minimum absolute atomic E-state index is 0.00148. The van der Waals surface area contributed by atoms with Crippen LogP contribution in [0.15, 0.2) is 24.3 Å². The van der Waals surface area contributed by atoms with Crippen molar-refractivity contribution < 1.29 is 14.9 Å². The van der Waals surface area contributed by atoms with Gasteiger partial charge in [0.2, 0.25) is 11.8 Å². The van der Waals surface area contributed by atoms with Crippen LogP contribution in [0.3, 0.4) is 0 Å². The highest BCUT2D eigenvalue weighted by atomic mass is 16.5. The topological polar surface area (TPSA) is 90.7 Å². The van der Waals surface area contributed by atoms with E-state index in [1.165, 1.54) is 0 Å². The molecule has 3 rings (SSSR count). The fraction of sp³-hybridized carbons (Fsp3) is 0.467. The van der Waals surface area contributed by atoms with E-state index in [1.54, 1.807) is 0 Å². The standard InChI is InChI=1S/C15H20N4O3/c20-9-11(21)10-22-14-12-3-1-2-4-13(12)17-15(18-14)19-7-5-16-6-8-19/h1-4,11,16,20-21H,5-10H2/t11-/m1/s1. The van der Waals surface area contributed by atoms with Crippen LogP contribution in [0, 0.1) is 0 Å². The van der Waals surface area contributed by atoms with Crippen molar-refractivity contribution in [1.29, 1.82) is 0 Å². The number of rotatable bonds is 5. The molecule has 0 bridgehead atoms. The van der Waals surface area contributed by atoms with E-state index in [2.05, 4.69) is 20.2 Å². The number of nitrogens with one attached hydrogen (secondary N) is 1. The maximum atomic E-state index is 9.47. The molecule has 118 valence electrons. The van der Waals surface area contributed by atoms with Gasteiger partial charge in [-0.05, 0) is 12.1 Å². The summed E-state index contributed by atoms with van der Waals surface area (Å²) < 4.78 is 5.60. The van der Waals surface area contributed by atoms with Gasteiger partial charge in [0.15, 0.2) is 0 Å². The zero-order valence-corrected chi connectivity index (χ0v) is 12.3. The van der Waals surface area contributed by atoms with E-state index in [-0.39, 0.29) is 13.2 Å². The number of piperazine rings is 1. The smallest absolute Gasteiger partial charge is 0.229 e. The lowest BCUT2D eigenvalue weighted by Gasteiger charge is -2.27. The first kappa shape index (κ1) is 15.0. The first-order valence-corrected chi connectivity index (χ1v) is 7.42. The monoisotopic (exact) mass is 304 g/mol. The van der Waals surface area contributed by atoms with Crippen LogP contribution in [-0.4, -0.2) is 65.7 Å². The molecule has 2 aromatic rings. The molecular formula is C15H20N4O3. The zero-order valence-electron chi connectivity index (χ0n) is 12.3. The third kappa shape index (κ3) is 3.27. The van der Waals surface area contributed by atoms with Gasteiger partial charge in [-0.2, -0.15) is 4.98 Å². The maximum absolute atomic E-state index is 9.47. The van der Waals surface area contributed by atoms with Gasteiger partial charge in [0, 0.05) is 26.2 Å². The van der Waals surface area contributed by atoms with Crippen LogP contribution < -0.4 is 15.0 Å². The van der Waals surface area contributed by atoms with Gasteiger partial charge in [0.05, 0.1) is 17.5 Å². The van der Waals surface area contributed by atoms with E-state index in [0.29, 0.717) is 11.8 Å². The quantitative estimate of drug-likeness (QED) is 0.703. The number of ether oxygens (including phenoxy) is 1. The van der Waals surface area contributed by atoms with Crippen LogP contribution >= 0.6 is 0 Å². The molecule has 1 aliphatic heterocycles. The second-order valence-corrected chi connectivity index (χ2v) is 5.23. The highest BCUT2D eigenvalue weighted by Gasteiger charge is 2.17. The molecule has 0 aliphatic carbocycles. The number of fused-ring (bicyclic) bond motifs is 1. The van der Waals surface area contributed by atoms with Gasteiger partial charge in [-0.25, -0.2) is 4.98 Å². The molecule has 7 heteroatoms. The van der Waals surface area contributed by atoms with Gasteiger partial charge in [-0.15, -0.1) is 0 Å². The summed E-state index contributed by atoms with van der Waals surface area (Å²) in [6.07, 6.45) is -0.920. The highest BCUT2D eigenvalue weighted by molar-refractivity contribution is 5.84. The molecule has 2 heterocycles.